The van der Waals surface area contributed by atoms with E-state index in [-0.39, 0.29) is 39.4 Å². The summed E-state index contributed by atoms with van der Waals surface area (Å²) in [4.78, 5) is 82.3. The quantitative estimate of drug-likeness (QED) is 0.105. The lowest BCUT2D eigenvalue weighted by Gasteiger charge is -2.29. The molecular formula is C26H45BN8O11. The van der Waals surface area contributed by atoms with E-state index in [1.165, 1.54) is 18.7 Å². The van der Waals surface area contributed by atoms with Gasteiger partial charge in [0.05, 0.1) is 32.1 Å². The van der Waals surface area contributed by atoms with Crippen LogP contribution in [0.2, 0.25) is 0 Å². The molecule has 0 aromatic rings. The molecule has 3 fully saturated rings. The number of fused-ring (bicyclic) bond motifs is 4. The van der Waals surface area contributed by atoms with Crippen molar-refractivity contribution in [3.8, 4) is 0 Å². The minimum Gasteiger partial charge on any atom is -0.426 e. The molecule has 3 aliphatic heterocycles. The highest BCUT2D eigenvalue weighted by molar-refractivity contribution is 6.43. The smallest absolute Gasteiger partial charge is 0.426 e. The van der Waals surface area contributed by atoms with Crippen LogP contribution in [0.5, 0.6) is 0 Å². The third-order valence-electron chi connectivity index (χ3n) is 7.78. The summed E-state index contributed by atoms with van der Waals surface area (Å²) >= 11 is 0. The number of nitrogens with two attached hydrogens (primary N) is 1. The molecule has 2 bridgehead atoms. The van der Waals surface area contributed by atoms with E-state index in [2.05, 4.69) is 16.0 Å². The highest BCUT2D eigenvalue weighted by Crippen LogP contribution is 2.19. The number of hydrogen-bond acceptors (Lipinski definition) is 16. The Morgan fingerprint density at radius 1 is 0.913 bits per heavy atom. The maximum Gasteiger partial charge on any atom is 0.475 e. The molecule has 3 aliphatic rings. The number of amides is 3. The molecule has 0 radical (unpaired) electrons. The molecule has 258 valence electrons. The lowest BCUT2D eigenvalue weighted by atomic mass is 9.78. The summed E-state index contributed by atoms with van der Waals surface area (Å²) in [5.41, 5.74) is 5.77. The zero-order valence-electron chi connectivity index (χ0n) is 26.2. The molecule has 3 saturated heterocycles. The van der Waals surface area contributed by atoms with Gasteiger partial charge in [-0.3, -0.25) is 43.5 Å². The van der Waals surface area contributed by atoms with Crippen molar-refractivity contribution in [1.82, 2.24) is 35.6 Å². The predicted molar refractivity (Wildman–Crippen MR) is 159 cm³/mol. The molecule has 0 aromatic heterocycles. The van der Waals surface area contributed by atoms with E-state index >= 15 is 0 Å². The van der Waals surface area contributed by atoms with E-state index in [1.54, 1.807) is 14.7 Å². The third-order valence-corrected chi connectivity index (χ3v) is 7.78. The van der Waals surface area contributed by atoms with Crippen LogP contribution in [0.3, 0.4) is 0 Å². The third kappa shape index (κ3) is 11.8. The van der Waals surface area contributed by atoms with Gasteiger partial charge in [0.2, 0.25) is 17.7 Å². The summed E-state index contributed by atoms with van der Waals surface area (Å²) < 4.78 is 15.2. The molecular weight excluding hydrogens is 611 g/mol. The van der Waals surface area contributed by atoms with Crippen LogP contribution in [0.1, 0.15) is 26.7 Å². The molecule has 3 amide bonds. The van der Waals surface area contributed by atoms with Crippen LogP contribution >= 0.6 is 0 Å². The lowest BCUT2D eigenvalue weighted by molar-refractivity contribution is -0.257. The number of esters is 3. The Labute approximate surface area is 267 Å². The van der Waals surface area contributed by atoms with E-state index < -0.39 is 67.2 Å². The Hall–Kier alpha value is -3.40. The van der Waals surface area contributed by atoms with Crippen LogP contribution in [0.15, 0.2) is 0 Å². The van der Waals surface area contributed by atoms with Crippen molar-refractivity contribution in [2.75, 3.05) is 78.7 Å². The Morgan fingerprint density at radius 2 is 1.57 bits per heavy atom. The number of likely N-dealkylation sites (tertiary alicyclic amines) is 1. The van der Waals surface area contributed by atoms with Crippen LogP contribution < -0.4 is 21.7 Å². The lowest BCUT2D eigenvalue weighted by Crippen LogP contribution is -2.56. The minimum absolute atomic E-state index is 0.0294. The second kappa shape index (κ2) is 18.1. The summed E-state index contributed by atoms with van der Waals surface area (Å²) in [7, 11) is -1.68. The normalized spacial score (nSPS) is 25.7. The molecule has 3 rings (SSSR count). The first-order valence-corrected chi connectivity index (χ1v) is 15.3. The zero-order valence-corrected chi connectivity index (χ0v) is 26.2. The molecule has 0 aromatic carbocycles. The SMILES string of the molecule is C[C@H](NC(=O)CN1CCNCC(=O)OC2OC(=O)CN(CN)CCN(CC1)CC(=O)O2)C(=O)N[C@H](C)C(=O)N1CCC[C@H]1B(O)O. The molecule has 2 unspecified atom stereocenters. The zero-order chi connectivity index (χ0) is 33.8. The fourth-order valence-electron chi connectivity index (χ4n) is 5.22. The van der Waals surface area contributed by atoms with Gasteiger partial charge in [-0.15, -0.1) is 0 Å². The van der Waals surface area contributed by atoms with Gasteiger partial charge < -0.3 is 50.8 Å². The number of nitrogens with one attached hydrogen (secondary N) is 3. The average Bonchev–Trinajstić information content (AvgIpc) is 3.48. The maximum atomic E-state index is 13.0. The van der Waals surface area contributed by atoms with Crippen LogP contribution in [0, 0.1) is 0 Å². The van der Waals surface area contributed by atoms with E-state index in [0.29, 0.717) is 52.1 Å². The van der Waals surface area contributed by atoms with Gasteiger partial charge in [-0.2, -0.15) is 0 Å². The molecule has 0 spiro atoms. The number of rotatable bonds is 8. The van der Waals surface area contributed by atoms with Crippen molar-refractivity contribution < 1.29 is 53.0 Å². The topological polar surface area (TPSA) is 246 Å². The number of nitrogens with zero attached hydrogens (tertiary/aromatic N) is 4. The first kappa shape index (κ1) is 37.1. The fourth-order valence-corrected chi connectivity index (χ4v) is 5.22. The summed E-state index contributed by atoms with van der Waals surface area (Å²) in [6.45, 7) is 2.49. The first-order valence-electron chi connectivity index (χ1n) is 15.3. The summed E-state index contributed by atoms with van der Waals surface area (Å²) in [5.74, 6) is -4.68. The van der Waals surface area contributed by atoms with E-state index in [0.717, 1.165) is 0 Å². The van der Waals surface area contributed by atoms with Gasteiger partial charge >= 0.3 is 31.5 Å². The monoisotopic (exact) mass is 656 g/mol. The van der Waals surface area contributed by atoms with Gasteiger partial charge in [0, 0.05) is 52.5 Å². The van der Waals surface area contributed by atoms with Gasteiger partial charge in [0.15, 0.2) is 0 Å². The first-order chi connectivity index (χ1) is 21.9. The Kier molecular flexibility index (Phi) is 14.6. The Morgan fingerprint density at radius 3 is 2.24 bits per heavy atom. The van der Waals surface area contributed by atoms with Crippen LogP contribution in [0.25, 0.3) is 0 Å². The molecule has 0 saturated carbocycles. The van der Waals surface area contributed by atoms with Gasteiger partial charge in [-0.25, -0.2) is 0 Å². The summed E-state index contributed by atoms with van der Waals surface area (Å²) in [5, 5.41) is 27.2. The van der Waals surface area contributed by atoms with E-state index in [1.807, 2.05) is 0 Å². The van der Waals surface area contributed by atoms with Crippen molar-refractivity contribution in [1.29, 1.82) is 0 Å². The van der Waals surface area contributed by atoms with Gasteiger partial charge in [0.25, 0.3) is 0 Å². The number of carbonyl (C=O) groups excluding carboxylic acids is 6. The summed E-state index contributed by atoms with van der Waals surface area (Å²) in [6, 6.07) is -1.95. The van der Waals surface area contributed by atoms with Crippen molar-refractivity contribution >= 4 is 42.7 Å². The molecule has 19 nitrogen and oxygen atoms in total. The number of hydrogen-bond donors (Lipinski definition) is 6. The maximum absolute atomic E-state index is 13.0. The van der Waals surface area contributed by atoms with Crippen molar-refractivity contribution in [3.63, 3.8) is 0 Å². The number of carbonyl (C=O) groups is 6. The fraction of sp³-hybridized carbons (Fsp3) is 0.769. The molecule has 7 N–H and O–H groups in total. The summed E-state index contributed by atoms with van der Waals surface area (Å²) in [6.07, 6.45) is 1.05. The van der Waals surface area contributed by atoms with Crippen molar-refractivity contribution in [3.05, 3.63) is 0 Å². The second-order valence-corrected chi connectivity index (χ2v) is 11.4. The van der Waals surface area contributed by atoms with Gasteiger partial charge in [0.1, 0.15) is 12.1 Å². The molecule has 3 heterocycles. The minimum atomic E-state index is -1.84. The van der Waals surface area contributed by atoms with Crippen LogP contribution in [0.4, 0.5) is 0 Å². The average molecular weight is 657 g/mol. The molecule has 5 atom stereocenters. The Balaban J connectivity index is 1.60. The Bertz CT molecular complexity index is 1100. The van der Waals surface area contributed by atoms with Gasteiger partial charge in [-0.05, 0) is 26.7 Å². The standard InChI is InChI=1S/C26H45BN8O11/c1-17(24(40)31-18(2)25(41)35-6-3-4-19(35)27(42)43)30-20(36)13-32-7-5-29-12-21(37)44-26-45-22(38)14-33(9-8-32)10-11-34(16-28)15-23(39)46-26/h17-19,26,29,42-43H,3-16,28H2,1-2H3,(H,30,36)(H,31,40)/t17-,18+,19-,26?/m0/s1. The molecule has 20 heteroatoms. The highest BCUT2D eigenvalue weighted by Gasteiger charge is 2.39. The van der Waals surface area contributed by atoms with Crippen LogP contribution in [-0.2, 0) is 43.0 Å². The van der Waals surface area contributed by atoms with Crippen molar-refractivity contribution in [2.24, 2.45) is 5.73 Å². The molecule has 46 heavy (non-hydrogen) atoms. The highest BCUT2D eigenvalue weighted by atomic mass is 16.9. The largest absolute Gasteiger partial charge is 0.475 e. The van der Waals surface area contributed by atoms with Crippen LogP contribution in [-0.4, -0.2) is 176 Å². The predicted octanol–water partition coefficient (Wildman–Crippen LogP) is -5.65. The molecule has 0 aliphatic carbocycles. The second-order valence-electron chi connectivity index (χ2n) is 11.4. The van der Waals surface area contributed by atoms with E-state index in [4.69, 9.17) is 19.9 Å². The van der Waals surface area contributed by atoms with E-state index in [9.17, 15) is 38.8 Å². The van der Waals surface area contributed by atoms with Crippen molar-refractivity contribution in [2.45, 2.75) is 51.2 Å². The number of ether oxygens (including phenoxy) is 3. The van der Waals surface area contributed by atoms with Gasteiger partial charge in [-0.1, -0.05) is 0 Å².